The van der Waals surface area contributed by atoms with Crippen LogP contribution < -0.4 is 10.6 Å². The van der Waals surface area contributed by atoms with Gasteiger partial charge in [-0.1, -0.05) is 0 Å². The van der Waals surface area contributed by atoms with E-state index in [2.05, 4.69) is 4.98 Å². The standard InChI is InChI=1S/C19H15F3N4O3S/c20-19(21,22)30-13-3-1-12(2-4-13)26-16(28)18(6-7-18)25(17(26)29)10-11-5-8-24-9-14(11)15(23)27/h1-5,8-9H,6-7,10H2,(H2,23,27). The molecule has 2 heterocycles. The van der Waals surface area contributed by atoms with Crippen molar-refractivity contribution in [3.8, 4) is 0 Å². The Kier molecular flexibility index (Phi) is 4.72. The van der Waals surface area contributed by atoms with Gasteiger partial charge in [-0.25, -0.2) is 9.69 Å². The molecule has 0 radical (unpaired) electrons. The number of primary amides is 1. The number of nitrogens with zero attached hydrogens (tertiary/aromatic N) is 3. The molecule has 2 fully saturated rings. The summed E-state index contributed by atoms with van der Waals surface area (Å²) in [6, 6.07) is 6.00. The number of hydrogen-bond donors (Lipinski definition) is 1. The van der Waals surface area contributed by atoms with Gasteiger partial charge in [-0.2, -0.15) is 13.2 Å². The van der Waals surface area contributed by atoms with Gasteiger partial charge in [-0.3, -0.25) is 14.6 Å². The largest absolute Gasteiger partial charge is 0.446 e. The van der Waals surface area contributed by atoms with Crippen LogP contribution in [0.1, 0.15) is 28.8 Å². The number of carbonyl (C=O) groups excluding carboxylic acids is 3. The minimum Gasteiger partial charge on any atom is -0.366 e. The van der Waals surface area contributed by atoms with E-state index in [-0.39, 0.29) is 34.5 Å². The quantitative estimate of drug-likeness (QED) is 0.573. The molecule has 7 nitrogen and oxygen atoms in total. The summed E-state index contributed by atoms with van der Waals surface area (Å²) in [5.41, 5.74) is 0.736. The van der Waals surface area contributed by atoms with Crippen molar-refractivity contribution in [2.45, 2.75) is 35.3 Å². The van der Waals surface area contributed by atoms with Crippen molar-refractivity contribution in [1.29, 1.82) is 0 Å². The highest BCUT2D eigenvalue weighted by Gasteiger charge is 2.65. The molecule has 1 saturated carbocycles. The first-order valence-electron chi connectivity index (χ1n) is 8.87. The first-order chi connectivity index (χ1) is 14.1. The number of aromatic nitrogens is 1. The van der Waals surface area contributed by atoms with E-state index < -0.39 is 28.9 Å². The number of imide groups is 1. The van der Waals surface area contributed by atoms with Crippen LogP contribution in [0, 0.1) is 0 Å². The first-order valence-corrected chi connectivity index (χ1v) is 9.69. The van der Waals surface area contributed by atoms with Crippen LogP contribution in [0.4, 0.5) is 23.7 Å². The van der Waals surface area contributed by atoms with Crippen LogP contribution in [0.5, 0.6) is 0 Å². The maximum Gasteiger partial charge on any atom is 0.446 e. The average molecular weight is 436 g/mol. The Bertz CT molecular complexity index is 1040. The van der Waals surface area contributed by atoms with E-state index in [0.717, 1.165) is 4.90 Å². The van der Waals surface area contributed by atoms with Crippen LogP contribution in [0.2, 0.25) is 0 Å². The average Bonchev–Trinajstić information content (AvgIpc) is 3.45. The van der Waals surface area contributed by atoms with Crippen molar-refractivity contribution < 1.29 is 27.6 Å². The summed E-state index contributed by atoms with van der Waals surface area (Å²) < 4.78 is 37.6. The van der Waals surface area contributed by atoms with Crippen molar-refractivity contribution in [3.63, 3.8) is 0 Å². The number of alkyl halides is 3. The minimum atomic E-state index is -4.43. The van der Waals surface area contributed by atoms with Gasteiger partial charge in [-0.15, -0.1) is 0 Å². The number of nitrogens with two attached hydrogens (primary N) is 1. The molecule has 30 heavy (non-hydrogen) atoms. The van der Waals surface area contributed by atoms with Crippen molar-refractivity contribution in [2.75, 3.05) is 4.90 Å². The molecular weight excluding hydrogens is 421 g/mol. The zero-order valence-electron chi connectivity index (χ0n) is 15.3. The van der Waals surface area contributed by atoms with Gasteiger partial charge in [0.1, 0.15) is 5.54 Å². The predicted molar refractivity (Wildman–Crippen MR) is 101 cm³/mol. The molecule has 0 unspecified atom stereocenters. The molecule has 156 valence electrons. The van der Waals surface area contributed by atoms with Gasteiger partial charge in [0.15, 0.2) is 0 Å². The zero-order valence-corrected chi connectivity index (χ0v) is 16.2. The molecule has 1 aromatic carbocycles. The molecule has 1 spiro atoms. The molecule has 2 aromatic rings. The number of rotatable bonds is 5. The molecule has 2 N–H and O–H groups in total. The number of halogens is 3. The van der Waals surface area contributed by atoms with Crippen LogP contribution in [-0.4, -0.2) is 38.8 Å². The van der Waals surface area contributed by atoms with Crippen LogP contribution in [0.3, 0.4) is 0 Å². The summed E-state index contributed by atoms with van der Waals surface area (Å²) in [7, 11) is 0. The molecule has 0 atom stereocenters. The highest BCUT2D eigenvalue weighted by molar-refractivity contribution is 8.00. The van der Waals surface area contributed by atoms with Crippen LogP contribution in [0.25, 0.3) is 0 Å². The normalized spacial score (nSPS) is 17.7. The Morgan fingerprint density at radius 1 is 1.17 bits per heavy atom. The first kappa shape index (κ1) is 20.2. The summed E-state index contributed by atoms with van der Waals surface area (Å²) in [6.07, 6.45) is 3.69. The van der Waals surface area contributed by atoms with Gasteiger partial charge < -0.3 is 10.6 Å². The van der Waals surface area contributed by atoms with Gasteiger partial charge in [0, 0.05) is 23.8 Å². The summed E-state index contributed by atoms with van der Waals surface area (Å²) in [5, 5.41) is 0. The Morgan fingerprint density at radius 2 is 1.83 bits per heavy atom. The second-order valence-electron chi connectivity index (χ2n) is 6.98. The molecule has 1 aromatic heterocycles. The monoisotopic (exact) mass is 436 g/mol. The fourth-order valence-electron chi connectivity index (χ4n) is 3.51. The number of thioether (sulfide) groups is 1. The van der Waals surface area contributed by atoms with Gasteiger partial charge in [0.2, 0.25) is 0 Å². The predicted octanol–water partition coefficient (Wildman–Crippen LogP) is 3.29. The van der Waals surface area contributed by atoms with Crippen molar-refractivity contribution in [2.24, 2.45) is 5.73 Å². The number of anilines is 1. The lowest BCUT2D eigenvalue weighted by Gasteiger charge is -2.22. The number of carbonyl (C=O) groups is 3. The Balaban J connectivity index is 1.62. The van der Waals surface area contributed by atoms with E-state index in [1.807, 2.05) is 0 Å². The summed E-state index contributed by atoms with van der Waals surface area (Å²) >= 11 is -0.276. The zero-order chi connectivity index (χ0) is 21.7. The van der Waals surface area contributed by atoms with E-state index in [9.17, 15) is 27.6 Å². The number of amides is 4. The van der Waals surface area contributed by atoms with Crippen molar-refractivity contribution in [3.05, 3.63) is 53.9 Å². The lowest BCUT2D eigenvalue weighted by Crippen LogP contribution is -2.37. The summed E-state index contributed by atoms with van der Waals surface area (Å²) in [4.78, 5) is 43.9. The number of urea groups is 1. The van der Waals surface area contributed by atoms with Crippen LogP contribution >= 0.6 is 11.8 Å². The lowest BCUT2D eigenvalue weighted by atomic mass is 10.1. The molecule has 0 bridgehead atoms. The van der Waals surface area contributed by atoms with Gasteiger partial charge in [0.05, 0.1) is 11.3 Å². The molecule has 4 rings (SSSR count). The Hall–Kier alpha value is -3.08. The molecule has 4 amide bonds. The second-order valence-corrected chi connectivity index (χ2v) is 8.12. The third-order valence-electron chi connectivity index (χ3n) is 5.10. The number of pyridine rings is 1. The SMILES string of the molecule is NC(=O)c1cnccc1CN1C(=O)N(c2ccc(SC(F)(F)F)cc2)C(=O)C12CC2. The molecule has 2 aliphatic rings. The van der Waals surface area contributed by atoms with E-state index in [4.69, 9.17) is 5.73 Å². The Morgan fingerprint density at radius 3 is 2.40 bits per heavy atom. The number of benzene rings is 1. The van der Waals surface area contributed by atoms with Crippen LogP contribution in [-0.2, 0) is 11.3 Å². The van der Waals surface area contributed by atoms with Crippen molar-refractivity contribution in [1.82, 2.24) is 9.88 Å². The topological polar surface area (TPSA) is 96.6 Å². The highest BCUT2D eigenvalue weighted by atomic mass is 32.2. The number of hydrogen-bond acceptors (Lipinski definition) is 5. The fraction of sp³-hybridized carbons (Fsp3) is 0.263. The fourth-order valence-corrected chi connectivity index (χ4v) is 4.05. The maximum absolute atomic E-state index is 13.1. The van der Waals surface area contributed by atoms with Gasteiger partial charge >= 0.3 is 11.5 Å². The summed E-state index contributed by atoms with van der Waals surface area (Å²) in [6.45, 7) is -0.0100. The molecular formula is C19H15F3N4O3S. The molecule has 1 saturated heterocycles. The van der Waals surface area contributed by atoms with Crippen molar-refractivity contribution >= 4 is 35.3 Å². The van der Waals surface area contributed by atoms with E-state index in [1.165, 1.54) is 41.6 Å². The third-order valence-corrected chi connectivity index (χ3v) is 5.84. The van der Waals surface area contributed by atoms with E-state index in [0.29, 0.717) is 18.4 Å². The summed E-state index contributed by atoms with van der Waals surface area (Å²) in [5.74, 6) is -1.13. The smallest absolute Gasteiger partial charge is 0.366 e. The Labute approximate surface area is 173 Å². The molecule has 11 heteroatoms. The lowest BCUT2D eigenvalue weighted by molar-refractivity contribution is -0.120. The van der Waals surface area contributed by atoms with E-state index >= 15 is 0 Å². The van der Waals surface area contributed by atoms with E-state index in [1.54, 1.807) is 6.07 Å². The third kappa shape index (κ3) is 3.49. The second kappa shape index (κ2) is 7.01. The molecule has 1 aliphatic carbocycles. The minimum absolute atomic E-state index is 0.0100. The molecule has 1 aliphatic heterocycles. The van der Waals surface area contributed by atoms with Gasteiger partial charge in [-0.05, 0) is 60.5 Å². The van der Waals surface area contributed by atoms with Gasteiger partial charge in [0.25, 0.3) is 11.8 Å². The van der Waals surface area contributed by atoms with Crippen LogP contribution in [0.15, 0.2) is 47.6 Å². The maximum atomic E-state index is 13.1. The highest BCUT2D eigenvalue weighted by Crippen LogP contribution is 2.50.